The number of hydrogen-bond acceptors (Lipinski definition) is 5. The Labute approximate surface area is 126 Å². The van der Waals surface area contributed by atoms with Gasteiger partial charge in [-0.1, -0.05) is 32.1 Å². The van der Waals surface area contributed by atoms with Gasteiger partial charge in [-0.3, -0.25) is 0 Å². The van der Waals surface area contributed by atoms with Crippen molar-refractivity contribution in [3.63, 3.8) is 0 Å². The summed E-state index contributed by atoms with van der Waals surface area (Å²) in [6.45, 7) is 8.25. The molecular weight excluding hydrogens is 288 g/mol. The molecule has 104 valence electrons. The molecule has 0 aliphatic heterocycles. The van der Waals surface area contributed by atoms with Gasteiger partial charge in [-0.15, -0.1) is 11.3 Å². The molecule has 0 spiro atoms. The molecule has 0 aliphatic carbocycles. The Hall–Kier alpha value is -1.46. The van der Waals surface area contributed by atoms with E-state index in [0.717, 1.165) is 31.4 Å². The summed E-state index contributed by atoms with van der Waals surface area (Å²) in [7, 11) is 0. The normalized spacial score (nSPS) is 12.2. The molecule has 3 nitrogen and oxygen atoms in total. The van der Waals surface area contributed by atoms with Crippen molar-refractivity contribution in [2.24, 2.45) is 0 Å². The first-order chi connectivity index (χ1) is 9.36. The van der Waals surface area contributed by atoms with Gasteiger partial charge in [0.05, 0.1) is 5.51 Å². The zero-order chi connectivity index (χ0) is 14.5. The van der Waals surface area contributed by atoms with Crippen molar-refractivity contribution in [3.05, 3.63) is 28.8 Å². The fourth-order valence-corrected chi connectivity index (χ4v) is 3.92. The van der Waals surface area contributed by atoms with E-state index in [1.165, 1.54) is 0 Å². The summed E-state index contributed by atoms with van der Waals surface area (Å²) in [6, 6.07) is 4.04. The quantitative estimate of drug-likeness (QED) is 0.707. The number of fused-ring (bicyclic) bond motifs is 1. The van der Waals surface area contributed by atoms with Crippen LogP contribution in [0.4, 0.5) is 0 Å². The van der Waals surface area contributed by atoms with Crippen LogP contribution in [-0.2, 0) is 5.41 Å². The minimum absolute atomic E-state index is 0.0995. The highest BCUT2D eigenvalue weighted by Crippen LogP contribution is 2.39. The first kappa shape index (κ1) is 13.5. The van der Waals surface area contributed by atoms with Crippen LogP contribution in [0.2, 0.25) is 0 Å². The van der Waals surface area contributed by atoms with E-state index in [4.69, 9.17) is 0 Å². The van der Waals surface area contributed by atoms with Gasteiger partial charge in [0.1, 0.15) is 10.8 Å². The number of hydrogen-bond donors (Lipinski definition) is 1. The van der Waals surface area contributed by atoms with Crippen LogP contribution in [0.1, 0.15) is 31.9 Å². The Kier molecular flexibility index (Phi) is 3.06. The lowest BCUT2D eigenvalue weighted by Crippen LogP contribution is -2.12. The highest BCUT2D eigenvalue weighted by atomic mass is 32.1. The first-order valence-corrected chi connectivity index (χ1v) is 8.10. The van der Waals surface area contributed by atoms with Crippen molar-refractivity contribution < 1.29 is 5.11 Å². The number of rotatable bonds is 1. The topological polar surface area (TPSA) is 46.0 Å². The van der Waals surface area contributed by atoms with Crippen molar-refractivity contribution in [3.8, 4) is 16.3 Å². The zero-order valence-corrected chi connectivity index (χ0v) is 13.5. The van der Waals surface area contributed by atoms with Crippen LogP contribution in [0.25, 0.3) is 20.2 Å². The molecule has 1 aromatic carbocycles. The maximum absolute atomic E-state index is 10.3. The minimum Gasteiger partial charge on any atom is -0.507 e. The summed E-state index contributed by atoms with van der Waals surface area (Å²) in [5, 5.41) is 11.2. The molecule has 0 bridgehead atoms. The fraction of sp³-hybridized carbons (Fsp3) is 0.333. The summed E-state index contributed by atoms with van der Waals surface area (Å²) < 4.78 is 0. The standard InChI is InChI=1S/C15H16N2OS2/c1-8-5-9(6-10(11(8)18)15(2,3)4)12-17-14-13(20-12)16-7-19-14/h5-7,18H,1-4H3. The molecule has 2 heterocycles. The van der Waals surface area contributed by atoms with Gasteiger partial charge in [0, 0.05) is 11.1 Å². The van der Waals surface area contributed by atoms with Gasteiger partial charge in [0.2, 0.25) is 0 Å². The Morgan fingerprint density at radius 3 is 2.55 bits per heavy atom. The van der Waals surface area contributed by atoms with Crippen molar-refractivity contribution in [2.75, 3.05) is 0 Å². The predicted octanol–water partition coefficient (Wildman–Crippen LogP) is 4.73. The summed E-state index contributed by atoms with van der Waals surface area (Å²) in [5.74, 6) is 0.387. The van der Waals surface area contributed by atoms with Crippen molar-refractivity contribution in [1.29, 1.82) is 0 Å². The highest BCUT2D eigenvalue weighted by molar-refractivity contribution is 7.27. The second kappa shape index (κ2) is 4.53. The van der Waals surface area contributed by atoms with Crippen LogP contribution in [0, 0.1) is 6.92 Å². The SMILES string of the molecule is Cc1cc(-c2nc3scnc3s2)cc(C(C)(C)C)c1O. The number of aromatic hydroxyl groups is 1. The first-order valence-electron chi connectivity index (χ1n) is 6.41. The van der Waals surface area contributed by atoms with E-state index >= 15 is 0 Å². The maximum Gasteiger partial charge on any atom is 0.155 e. The van der Waals surface area contributed by atoms with E-state index in [9.17, 15) is 5.11 Å². The van der Waals surface area contributed by atoms with E-state index in [1.807, 2.05) is 24.6 Å². The third-order valence-electron chi connectivity index (χ3n) is 3.27. The molecule has 0 saturated carbocycles. The van der Waals surface area contributed by atoms with Gasteiger partial charge in [-0.2, -0.15) is 0 Å². The molecule has 0 aliphatic rings. The second-order valence-corrected chi connectivity index (χ2v) is 7.73. The molecule has 0 saturated heterocycles. The molecule has 5 heteroatoms. The third kappa shape index (κ3) is 2.21. The molecule has 0 amide bonds. The molecule has 0 fully saturated rings. The molecular formula is C15H16N2OS2. The fourth-order valence-electron chi connectivity index (χ4n) is 2.18. The number of phenols is 1. The Morgan fingerprint density at radius 2 is 1.90 bits per heavy atom. The number of aryl methyl sites for hydroxylation is 1. The van der Waals surface area contributed by atoms with E-state index in [0.29, 0.717) is 5.75 Å². The van der Waals surface area contributed by atoms with E-state index < -0.39 is 0 Å². The Morgan fingerprint density at radius 1 is 1.15 bits per heavy atom. The lowest BCUT2D eigenvalue weighted by atomic mass is 9.84. The van der Waals surface area contributed by atoms with Crippen LogP contribution < -0.4 is 0 Å². The van der Waals surface area contributed by atoms with Crippen LogP contribution in [0.15, 0.2) is 17.6 Å². The second-order valence-electron chi connectivity index (χ2n) is 5.92. The molecule has 0 unspecified atom stereocenters. The summed E-state index contributed by atoms with van der Waals surface area (Å²) in [5.41, 5.74) is 4.62. The molecule has 3 aromatic rings. The molecule has 20 heavy (non-hydrogen) atoms. The Balaban J connectivity index is 2.19. The predicted molar refractivity (Wildman–Crippen MR) is 85.8 cm³/mol. The van der Waals surface area contributed by atoms with Crippen LogP contribution in [-0.4, -0.2) is 15.1 Å². The summed E-state index contributed by atoms with van der Waals surface area (Å²) >= 11 is 3.16. The summed E-state index contributed by atoms with van der Waals surface area (Å²) in [6.07, 6.45) is 0. The van der Waals surface area contributed by atoms with Gasteiger partial charge in [-0.05, 0) is 30.0 Å². The number of thiazole rings is 2. The minimum atomic E-state index is -0.0995. The van der Waals surface area contributed by atoms with E-state index in [-0.39, 0.29) is 5.41 Å². The largest absolute Gasteiger partial charge is 0.507 e. The van der Waals surface area contributed by atoms with Gasteiger partial charge >= 0.3 is 0 Å². The third-order valence-corrected chi connectivity index (χ3v) is 5.13. The number of benzene rings is 1. The van der Waals surface area contributed by atoms with Crippen molar-refractivity contribution >= 4 is 32.3 Å². The van der Waals surface area contributed by atoms with Crippen molar-refractivity contribution in [2.45, 2.75) is 33.1 Å². The van der Waals surface area contributed by atoms with E-state index in [1.54, 1.807) is 22.7 Å². The van der Waals surface area contributed by atoms with Crippen molar-refractivity contribution in [1.82, 2.24) is 9.97 Å². The Bertz CT molecular complexity index is 752. The number of phenolic OH excluding ortho intramolecular Hbond substituents is 1. The monoisotopic (exact) mass is 304 g/mol. The smallest absolute Gasteiger partial charge is 0.155 e. The van der Waals surface area contributed by atoms with Gasteiger partial charge in [0.15, 0.2) is 9.66 Å². The van der Waals surface area contributed by atoms with Gasteiger partial charge < -0.3 is 5.11 Å². The number of aromatic nitrogens is 2. The molecule has 0 atom stereocenters. The molecule has 3 rings (SSSR count). The lowest BCUT2D eigenvalue weighted by molar-refractivity contribution is 0.443. The molecule has 1 N–H and O–H groups in total. The van der Waals surface area contributed by atoms with Crippen LogP contribution in [0.3, 0.4) is 0 Å². The van der Waals surface area contributed by atoms with Crippen LogP contribution in [0.5, 0.6) is 5.75 Å². The average molecular weight is 304 g/mol. The average Bonchev–Trinajstić information content (AvgIpc) is 2.91. The molecule has 2 aromatic heterocycles. The van der Waals surface area contributed by atoms with Gasteiger partial charge in [0.25, 0.3) is 0 Å². The van der Waals surface area contributed by atoms with Crippen LogP contribution >= 0.6 is 22.7 Å². The summed E-state index contributed by atoms with van der Waals surface area (Å²) in [4.78, 5) is 10.9. The lowest BCUT2D eigenvalue weighted by Gasteiger charge is -2.22. The van der Waals surface area contributed by atoms with Gasteiger partial charge in [-0.25, -0.2) is 9.97 Å². The van der Waals surface area contributed by atoms with E-state index in [2.05, 4.69) is 30.7 Å². The number of nitrogens with zero attached hydrogens (tertiary/aromatic N) is 2. The highest BCUT2D eigenvalue weighted by Gasteiger charge is 2.21. The molecule has 0 radical (unpaired) electrons. The maximum atomic E-state index is 10.3. The zero-order valence-electron chi connectivity index (χ0n) is 11.9.